The molecule has 0 heterocycles. The summed E-state index contributed by atoms with van der Waals surface area (Å²) in [6.45, 7) is 0. The van der Waals surface area contributed by atoms with Gasteiger partial charge < -0.3 is 6.15 Å². The average Bonchev–Trinajstić information content (AvgIpc) is 0.811. The molecule has 0 aliphatic rings. The van der Waals surface area contributed by atoms with Crippen molar-refractivity contribution < 1.29 is 15.2 Å². The van der Waals surface area contributed by atoms with E-state index in [4.69, 9.17) is 27.6 Å². The molecule has 0 aromatic rings. The Morgan fingerprint density at radius 2 is 1.00 bits per heavy atom. The molecule has 0 saturated heterocycles. The third-order valence-electron chi connectivity index (χ3n) is 0. The minimum absolute atomic E-state index is 0. The minimum atomic E-state index is -1.79. The first-order valence-electron chi connectivity index (χ1n) is 0.342. The molecule has 0 aromatic heterocycles. The van der Waals surface area contributed by atoms with Gasteiger partial charge in [-0.15, -0.1) is 0 Å². The molecule has 40 valence electrons. The van der Waals surface area contributed by atoms with Crippen molar-refractivity contribution in [2.75, 3.05) is 0 Å². The van der Waals surface area contributed by atoms with Crippen molar-refractivity contribution in [3.05, 3.63) is 0 Å². The van der Waals surface area contributed by atoms with Crippen LogP contribution in [0.25, 0.3) is 0 Å². The van der Waals surface area contributed by atoms with Gasteiger partial charge in [0, 0.05) is 0 Å². The van der Waals surface area contributed by atoms with Crippen molar-refractivity contribution in [1.82, 2.24) is 6.15 Å². The summed E-state index contributed by atoms with van der Waals surface area (Å²) in [5.41, 5.74) is 0. The molecule has 0 aromatic carbocycles. The van der Waals surface area contributed by atoms with E-state index in [0.717, 1.165) is 0 Å². The van der Waals surface area contributed by atoms with Crippen molar-refractivity contribution in [1.29, 1.82) is 0 Å². The zero-order valence-electron chi connectivity index (χ0n) is 2.14. The monoisotopic (exact) mass is 319 g/mol. The Bertz CT molecular complexity index is 11.6. The van der Waals surface area contributed by atoms with Gasteiger partial charge in [-0.2, -0.15) is 0 Å². The fourth-order valence-electron chi connectivity index (χ4n) is 0. The normalized spacial score (nSPS) is 9.00. The fraction of sp³-hybridized carbons (Fsp3) is 0. The molecule has 5 heavy (non-hydrogen) atoms. The second-order valence-electron chi connectivity index (χ2n) is 0.129. The number of hydrogen-bond acceptors (Lipinski definition) is 1. The van der Waals surface area contributed by atoms with Gasteiger partial charge >= 0.3 is 42.8 Å². The molecule has 0 fully saturated rings. The molecular weight excluding hydrogens is 317 g/mol. The molecule has 0 amide bonds. The first-order valence-corrected chi connectivity index (χ1v) is 8.40. The van der Waals surface area contributed by atoms with Crippen LogP contribution < -0.4 is 6.15 Å². The molecule has 0 bridgehead atoms. The SMILES string of the molecule is N.[Cl][Au]([Cl])[Cl]. The molecule has 0 atom stereocenters. The van der Waals surface area contributed by atoms with Gasteiger partial charge in [0.15, 0.2) is 0 Å². The molecule has 3 N–H and O–H groups in total. The van der Waals surface area contributed by atoms with Gasteiger partial charge in [-0.3, -0.25) is 0 Å². The molecule has 0 aliphatic carbocycles. The van der Waals surface area contributed by atoms with Crippen molar-refractivity contribution in [3.8, 4) is 0 Å². The third-order valence-corrected chi connectivity index (χ3v) is 0. The van der Waals surface area contributed by atoms with Gasteiger partial charge in [-0.05, 0) is 0 Å². The van der Waals surface area contributed by atoms with E-state index in [1.165, 1.54) is 0 Å². The molecular formula is H3AuCl3N. The summed E-state index contributed by atoms with van der Waals surface area (Å²) in [5, 5.41) is 0. The van der Waals surface area contributed by atoms with E-state index in [9.17, 15) is 0 Å². The van der Waals surface area contributed by atoms with Crippen LogP contribution in [0.5, 0.6) is 0 Å². The summed E-state index contributed by atoms with van der Waals surface area (Å²) in [7, 11) is 14.9. The molecule has 0 aliphatic heterocycles. The predicted octanol–water partition coefficient (Wildman–Crippen LogP) is 2.23. The Morgan fingerprint density at radius 1 is 1.00 bits per heavy atom. The summed E-state index contributed by atoms with van der Waals surface area (Å²) in [5.74, 6) is 0. The van der Waals surface area contributed by atoms with Crippen LogP contribution >= 0.6 is 27.6 Å². The van der Waals surface area contributed by atoms with E-state index < -0.39 is 15.2 Å². The van der Waals surface area contributed by atoms with Gasteiger partial charge in [0.05, 0.1) is 0 Å². The summed E-state index contributed by atoms with van der Waals surface area (Å²) >= 11 is -1.79. The van der Waals surface area contributed by atoms with Crippen LogP contribution in [0.15, 0.2) is 0 Å². The van der Waals surface area contributed by atoms with Crippen LogP contribution in [0.2, 0.25) is 0 Å². The van der Waals surface area contributed by atoms with Crippen LogP contribution in [0, 0.1) is 0 Å². The average molecular weight is 320 g/mol. The van der Waals surface area contributed by atoms with Crippen LogP contribution in [-0.2, 0) is 15.2 Å². The van der Waals surface area contributed by atoms with E-state index in [1.807, 2.05) is 0 Å². The molecule has 1 nitrogen and oxygen atoms in total. The zero-order valence-corrected chi connectivity index (χ0v) is 6.58. The van der Waals surface area contributed by atoms with Crippen molar-refractivity contribution in [2.24, 2.45) is 0 Å². The Kier molecular flexibility index (Phi) is 10.9. The molecule has 0 unspecified atom stereocenters. The standard InChI is InChI=1S/Au.3ClH.H3N/h;3*1H;1H3/q+3;;;;/p-3. The topological polar surface area (TPSA) is 35.0 Å². The first kappa shape index (κ1) is 9.76. The number of halogens is 3. The maximum atomic E-state index is 4.95. The van der Waals surface area contributed by atoms with Gasteiger partial charge in [-0.25, -0.2) is 0 Å². The van der Waals surface area contributed by atoms with E-state index in [0.29, 0.717) is 0 Å². The Morgan fingerprint density at radius 3 is 1.00 bits per heavy atom. The first-order chi connectivity index (χ1) is 1.73. The van der Waals surface area contributed by atoms with Gasteiger partial charge in [-0.1, -0.05) is 0 Å². The Labute approximate surface area is 48.8 Å². The molecule has 5 heteroatoms. The Hall–Kier alpha value is 1.57. The van der Waals surface area contributed by atoms with Gasteiger partial charge in [0.2, 0.25) is 0 Å². The molecule has 0 radical (unpaired) electrons. The zero-order chi connectivity index (χ0) is 3.58. The number of rotatable bonds is 0. The molecule has 0 rings (SSSR count). The summed E-state index contributed by atoms with van der Waals surface area (Å²) in [6.07, 6.45) is 0. The van der Waals surface area contributed by atoms with Crippen LogP contribution in [0.1, 0.15) is 0 Å². The predicted molar refractivity (Wildman–Crippen MR) is 22.6 cm³/mol. The Balaban J connectivity index is 0. The van der Waals surface area contributed by atoms with Crippen LogP contribution in [0.3, 0.4) is 0 Å². The quantitative estimate of drug-likeness (QED) is 0.683. The number of hydrogen-bond donors (Lipinski definition) is 1. The van der Waals surface area contributed by atoms with Crippen molar-refractivity contribution in [2.45, 2.75) is 0 Å². The fourth-order valence-corrected chi connectivity index (χ4v) is 0. The molecule has 0 saturated carbocycles. The van der Waals surface area contributed by atoms with Gasteiger partial charge in [0.1, 0.15) is 0 Å². The molecule has 0 spiro atoms. The second-order valence-corrected chi connectivity index (χ2v) is 9.52. The maximum absolute atomic E-state index is 4.95. The van der Waals surface area contributed by atoms with E-state index in [-0.39, 0.29) is 6.15 Å². The van der Waals surface area contributed by atoms with Crippen molar-refractivity contribution in [3.63, 3.8) is 0 Å². The van der Waals surface area contributed by atoms with Crippen LogP contribution in [0.4, 0.5) is 0 Å². The van der Waals surface area contributed by atoms with E-state index in [1.54, 1.807) is 0 Å². The van der Waals surface area contributed by atoms with Gasteiger partial charge in [0.25, 0.3) is 0 Å². The van der Waals surface area contributed by atoms with Crippen LogP contribution in [-0.4, -0.2) is 0 Å². The summed E-state index contributed by atoms with van der Waals surface area (Å²) < 4.78 is 0. The van der Waals surface area contributed by atoms with E-state index in [2.05, 4.69) is 0 Å². The van der Waals surface area contributed by atoms with Crippen molar-refractivity contribution >= 4 is 27.6 Å². The summed E-state index contributed by atoms with van der Waals surface area (Å²) in [4.78, 5) is 0. The van der Waals surface area contributed by atoms with E-state index >= 15 is 0 Å². The second kappa shape index (κ2) is 5.57. The third kappa shape index (κ3) is 28.8. The summed E-state index contributed by atoms with van der Waals surface area (Å²) in [6, 6.07) is 0.